The van der Waals surface area contributed by atoms with Gasteiger partial charge in [0, 0.05) is 22.9 Å². The molecule has 3 N–H and O–H groups in total. The molecule has 2 aromatic heterocycles. The molecule has 3 aromatic rings. The minimum Gasteiger partial charge on any atom is -0.367 e. The Hall–Kier alpha value is -2.67. The van der Waals surface area contributed by atoms with Crippen LogP contribution in [0, 0.1) is 5.92 Å². The van der Waals surface area contributed by atoms with E-state index in [0.717, 1.165) is 22.9 Å². The summed E-state index contributed by atoms with van der Waals surface area (Å²) in [6.45, 7) is 2.05. The molecule has 12 heteroatoms. The van der Waals surface area contributed by atoms with Crippen molar-refractivity contribution >= 4 is 37.8 Å². The fourth-order valence-corrected chi connectivity index (χ4v) is 4.88. The standard InChI is InChI=1S/C22H25BrN6O4S/c1-14(16-3-2-4-17(23)10-16)29-8-7-20(28-29)21(30)19-11-25-13-26-22(19)27-18-6-5-15(9-18)12-33-34(24,31)32/h2-4,7-8,10-11,13-15,18H,5-6,9,12H2,1H3,(H2,24,31,32)(H,25,26,27)/t14?,15-,18+/m1/s1. The largest absolute Gasteiger partial charge is 0.367 e. The van der Waals surface area contributed by atoms with Crippen LogP contribution in [0.25, 0.3) is 0 Å². The minimum atomic E-state index is -3.96. The fraction of sp³-hybridized carbons (Fsp3) is 0.364. The first-order chi connectivity index (χ1) is 16.2. The van der Waals surface area contributed by atoms with E-state index >= 15 is 0 Å². The average molecular weight is 549 g/mol. The third-order valence-electron chi connectivity index (χ3n) is 5.88. The molecular formula is C22H25BrN6O4S. The molecule has 0 bridgehead atoms. The van der Waals surface area contributed by atoms with E-state index in [1.165, 1.54) is 12.5 Å². The van der Waals surface area contributed by atoms with Gasteiger partial charge in [0.2, 0.25) is 5.78 Å². The Labute approximate surface area is 206 Å². The van der Waals surface area contributed by atoms with Crippen LogP contribution in [0.15, 0.2) is 53.5 Å². The van der Waals surface area contributed by atoms with Crippen molar-refractivity contribution in [2.24, 2.45) is 11.1 Å². The second kappa shape index (κ2) is 10.3. The maximum Gasteiger partial charge on any atom is 0.333 e. The van der Waals surface area contributed by atoms with Gasteiger partial charge in [-0.15, -0.1) is 0 Å². The molecule has 1 fully saturated rings. The van der Waals surface area contributed by atoms with Crippen LogP contribution >= 0.6 is 15.9 Å². The second-order valence-corrected chi connectivity index (χ2v) is 10.5. The molecule has 10 nitrogen and oxygen atoms in total. The quantitative estimate of drug-likeness (QED) is 0.388. The van der Waals surface area contributed by atoms with Crippen LogP contribution in [0.4, 0.5) is 5.82 Å². The zero-order valence-electron chi connectivity index (χ0n) is 18.5. The number of benzene rings is 1. The Morgan fingerprint density at radius 1 is 1.35 bits per heavy atom. The number of carbonyl (C=O) groups is 1. The molecule has 34 heavy (non-hydrogen) atoms. The predicted octanol–water partition coefficient (Wildman–Crippen LogP) is 3.08. The van der Waals surface area contributed by atoms with Crippen molar-refractivity contribution in [1.82, 2.24) is 19.7 Å². The minimum absolute atomic E-state index is 0.0182. The molecule has 4 rings (SSSR count). The summed E-state index contributed by atoms with van der Waals surface area (Å²) in [5.74, 6) is 0.190. The van der Waals surface area contributed by atoms with Crippen molar-refractivity contribution in [3.8, 4) is 0 Å². The van der Waals surface area contributed by atoms with Crippen molar-refractivity contribution in [2.75, 3.05) is 11.9 Å². The molecular weight excluding hydrogens is 524 g/mol. The Morgan fingerprint density at radius 2 is 2.18 bits per heavy atom. The van der Waals surface area contributed by atoms with Gasteiger partial charge in [0.05, 0.1) is 18.2 Å². The molecule has 0 radical (unpaired) electrons. The number of ketones is 1. The lowest BCUT2D eigenvalue weighted by molar-refractivity contribution is 0.103. The van der Waals surface area contributed by atoms with Crippen LogP contribution < -0.4 is 10.5 Å². The highest BCUT2D eigenvalue weighted by atomic mass is 79.9. The molecule has 0 saturated heterocycles. The third kappa shape index (κ3) is 6.06. The maximum atomic E-state index is 13.2. The smallest absolute Gasteiger partial charge is 0.333 e. The molecule has 3 atom stereocenters. The summed E-state index contributed by atoms with van der Waals surface area (Å²) in [5, 5.41) is 12.7. The summed E-state index contributed by atoms with van der Waals surface area (Å²) in [5.41, 5.74) is 1.68. The second-order valence-electron chi connectivity index (χ2n) is 8.32. The number of hydrogen-bond donors (Lipinski definition) is 2. The molecule has 0 spiro atoms. The van der Waals surface area contributed by atoms with Crippen molar-refractivity contribution < 1.29 is 17.4 Å². The molecule has 180 valence electrons. The maximum absolute atomic E-state index is 13.2. The van der Waals surface area contributed by atoms with Crippen LogP contribution in [0.1, 0.15) is 53.8 Å². The summed E-state index contributed by atoms with van der Waals surface area (Å²) in [6, 6.07) is 9.59. The first-order valence-corrected chi connectivity index (χ1v) is 13.0. The highest BCUT2D eigenvalue weighted by Gasteiger charge is 2.28. The number of anilines is 1. The molecule has 0 amide bonds. The monoisotopic (exact) mass is 548 g/mol. The Morgan fingerprint density at radius 3 is 2.94 bits per heavy atom. The number of nitrogens with one attached hydrogen (secondary N) is 1. The summed E-state index contributed by atoms with van der Waals surface area (Å²) < 4.78 is 29.5. The molecule has 2 heterocycles. The van der Waals surface area contributed by atoms with Crippen molar-refractivity contribution in [1.29, 1.82) is 0 Å². The zero-order valence-corrected chi connectivity index (χ0v) is 20.9. The van der Waals surface area contributed by atoms with Gasteiger partial charge < -0.3 is 5.32 Å². The fourth-order valence-electron chi connectivity index (χ4n) is 4.08. The lowest BCUT2D eigenvalue weighted by Crippen LogP contribution is -2.22. The predicted molar refractivity (Wildman–Crippen MR) is 129 cm³/mol. The summed E-state index contributed by atoms with van der Waals surface area (Å²) in [6.07, 6.45) is 6.87. The lowest BCUT2D eigenvalue weighted by atomic mass is 10.1. The van der Waals surface area contributed by atoms with Crippen LogP contribution in [0.2, 0.25) is 0 Å². The van der Waals surface area contributed by atoms with E-state index in [2.05, 4.69) is 36.3 Å². The van der Waals surface area contributed by atoms with Gasteiger partial charge in [-0.2, -0.15) is 13.5 Å². The van der Waals surface area contributed by atoms with Gasteiger partial charge >= 0.3 is 10.3 Å². The van der Waals surface area contributed by atoms with Gasteiger partial charge in [-0.05, 0) is 55.9 Å². The van der Waals surface area contributed by atoms with Crippen LogP contribution in [0.3, 0.4) is 0 Å². The third-order valence-corrected chi connectivity index (χ3v) is 6.83. The summed E-state index contributed by atoms with van der Waals surface area (Å²) in [4.78, 5) is 21.5. The van der Waals surface area contributed by atoms with E-state index in [1.807, 2.05) is 31.2 Å². The van der Waals surface area contributed by atoms with Gasteiger partial charge in [0.1, 0.15) is 17.8 Å². The molecule has 1 aliphatic rings. The van der Waals surface area contributed by atoms with Crippen molar-refractivity contribution in [2.45, 2.75) is 38.3 Å². The van der Waals surface area contributed by atoms with E-state index < -0.39 is 10.3 Å². The number of nitrogens with two attached hydrogens (primary N) is 1. The van der Waals surface area contributed by atoms with Crippen molar-refractivity contribution in [3.63, 3.8) is 0 Å². The van der Waals surface area contributed by atoms with E-state index in [9.17, 15) is 13.2 Å². The molecule has 1 saturated carbocycles. The van der Waals surface area contributed by atoms with E-state index in [1.54, 1.807) is 16.9 Å². The molecule has 1 aliphatic carbocycles. The number of halogens is 1. The van der Waals surface area contributed by atoms with Crippen LogP contribution in [-0.4, -0.2) is 46.6 Å². The number of aromatic nitrogens is 4. The summed E-state index contributed by atoms with van der Waals surface area (Å²) in [7, 11) is -3.96. The summed E-state index contributed by atoms with van der Waals surface area (Å²) >= 11 is 3.48. The van der Waals surface area contributed by atoms with E-state index in [-0.39, 0.29) is 30.4 Å². The van der Waals surface area contributed by atoms with Gasteiger partial charge in [0.25, 0.3) is 0 Å². The topological polar surface area (TPSA) is 142 Å². The average Bonchev–Trinajstić information content (AvgIpc) is 3.47. The van der Waals surface area contributed by atoms with Crippen LogP contribution in [0.5, 0.6) is 0 Å². The molecule has 0 aliphatic heterocycles. The van der Waals surface area contributed by atoms with E-state index in [0.29, 0.717) is 23.5 Å². The zero-order chi connectivity index (χ0) is 24.3. The number of hydrogen-bond acceptors (Lipinski definition) is 8. The van der Waals surface area contributed by atoms with E-state index in [4.69, 9.17) is 9.32 Å². The highest BCUT2D eigenvalue weighted by Crippen LogP contribution is 2.29. The van der Waals surface area contributed by atoms with Gasteiger partial charge in [-0.3, -0.25) is 13.7 Å². The van der Waals surface area contributed by atoms with Gasteiger partial charge in [-0.25, -0.2) is 15.1 Å². The van der Waals surface area contributed by atoms with Gasteiger partial charge in [0.15, 0.2) is 0 Å². The SMILES string of the molecule is CC(c1cccc(Br)c1)n1ccc(C(=O)c2cncnc2N[C@H]2CC[C@@H](COS(N)(=O)=O)C2)n1. The number of carbonyl (C=O) groups excluding carboxylic acids is 1. The van der Waals surface area contributed by atoms with Gasteiger partial charge in [-0.1, -0.05) is 28.1 Å². The normalized spacial score (nSPS) is 19.1. The molecule has 1 aromatic carbocycles. The van der Waals surface area contributed by atoms with Crippen LogP contribution in [-0.2, 0) is 14.5 Å². The molecule has 1 unspecified atom stereocenters. The first kappa shape index (κ1) is 24.5. The Balaban J connectivity index is 1.45. The Bertz CT molecular complexity index is 1280. The Kier molecular flexibility index (Phi) is 7.41. The lowest BCUT2D eigenvalue weighted by Gasteiger charge is -2.16. The highest BCUT2D eigenvalue weighted by molar-refractivity contribution is 9.10. The van der Waals surface area contributed by atoms with Crippen molar-refractivity contribution in [3.05, 3.63) is 70.3 Å². The number of nitrogens with zero attached hydrogens (tertiary/aromatic N) is 4. The number of rotatable bonds is 9. The first-order valence-electron chi connectivity index (χ1n) is 10.8.